The number of nitrogens with zero attached hydrogens (tertiary/aromatic N) is 1. The van der Waals surface area contributed by atoms with Crippen LogP contribution in [0.5, 0.6) is 0 Å². The van der Waals surface area contributed by atoms with Gasteiger partial charge in [-0.05, 0) is 36.8 Å². The van der Waals surface area contributed by atoms with Crippen molar-refractivity contribution in [3.63, 3.8) is 0 Å². The highest BCUT2D eigenvalue weighted by Crippen LogP contribution is 2.14. The van der Waals surface area contributed by atoms with Gasteiger partial charge in [0, 0.05) is 12.4 Å². The van der Waals surface area contributed by atoms with E-state index in [1.807, 2.05) is 72.4 Å². The first-order valence-electron chi connectivity index (χ1n) is 8.00. The van der Waals surface area contributed by atoms with Gasteiger partial charge in [0.1, 0.15) is 0 Å². The predicted molar refractivity (Wildman–Crippen MR) is 96.3 cm³/mol. The van der Waals surface area contributed by atoms with E-state index < -0.39 is 0 Å². The molecule has 0 spiro atoms. The molecule has 0 aliphatic heterocycles. The average Bonchev–Trinajstić information content (AvgIpc) is 3.16. The van der Waals surface area contributed by atoms with Crippen LogP contribution in [0.15, 0.2) is 73.1 Å². The molecular weight excluding hydrogens is 314 g/mol. The number of hydrogen-bond donors (Lipinski definition) is 2. The minimum absolute atomic E-state index is 0.208. The molecule has 2 N–H and O–H groups in total. The summed E-state index contributed by atoms with van der Waals surface area (Å²) >= 11 is 0. The maximum absolute atomic E-state index is 12.4. The third kappa shape index (κ3) is 4.14. The molecule has 3 aromatic rings. The highest BCUT2D eigenvalue weighted by Gasteiger charge is 2.12. The SMILES string of the molecule is Cc1ccc(CC(=O)NNC(=O)c2ccccc2-n2cccc2)cc1. The Hall–Kier alpha value is -3.34. The Balaban J connectivity index is 1.63. The lowest BCUT2D eigenvalue weighted by molar-refractivity contribution is -0.121. The summed E-state index contributed by atoms with van der Waals surface area (Å²) in [5.41, 5.74) is 8.21. The van der Waals surface area contributed by atoms with Crippen molar-refractivity contribution in [1.82, 2.24) is 15.4 Å². The molecular formula is C20H19N3O2. The fourth-order valence-electron chi connectivity index (χ4n) is 2.52. The quantitative estimate of drug-likeness (QED) is 0.721. The van der Waals surface area contributed by atoms with Crippen molar-refractivity contribution in [3.8, 4) is 5.69 Å². The molecule has 0 radical (unpaired) electrons. The summed E-state index contributed by atoms with van der Waals surface area (Å²) in [6, 6.07) is 18.7. The summed E-state index contributed by atoms with van der Waals surface area (Å²) in [5.74, 6) is -0.628. The van der Waals surface area contributed by atoms with Crippen LogP contribution in [0, 0.1) is 6.92 Å². The van der Waals surface area contributed by atoms with Crippen LogP contribution < -0.4 is 10.9 Å². The van der Waals surface area contributed by atoms with E-state index >= 15 is 0 Å². The molecule has 0 atom stereocenters. The van der Waals surface area contributed by atoms with Crippen molar-refractivity contribution >= 4 is 11.8 Å². The lowest BCUT2D eigenvalue weighted by atomic mass is 10.1. The van der Waals surface area contributed by atoms with Gasteiger partial charge < -0.3 is 4.57 Å². The Morgan fingerprint density at radius 1 is 0.880 bits per heavy atom. The van der Waals surface area contributed by atoms with Gasteiger partial charge in [0.25, 0.3) is 5.91 Å². The Kier molecular flexibility index (Phi) is 4.95. The second-order valence-electron chi connectivity index (χ2n) is 5.77. The molecule has 5 nitrogen and oxygen atoms in total. The zero-order valence-corrected chi connectivity index (χ0v) is 13.9. The molecule has 0 saturated carbocycles. The van der Waals surface area contributed by atoms with E-state index in [4.69, 9.17) is 0 Å². The first-order valence-corrected chi connectivity index (χ1v) is 8.00. The third-order valence-corrected chi connectivity index (χ3v) is 3.83. The van der Waals surface area contributed by atoms with E-state index in [9.17, 15) is 9.59 Å². The molecule has 2 aromatic carbocycles. The maximum Gasteiger partial charge on any atom is 0.271 e. The summed E-state index contributed by atoms with van der Waals surface area (Å²) in [6.07, 6.45) is 3.93. The molecule has 25 heavy (non-hydrogen) atoms. The van der Waals surface area contributed by atoms with Crippen LogP contribution in [0.3, 0.4) is 0 Å². The number of carbonyl (C=O) groups excluding carboxylic acids is 2. The molecule has 2 amide bonds. The predicted octanol–water partition coefficient (Wildman–Crippen LogP) is 2.79. The normalized spacial score (nSPS) is 10.3. The Labute approximate surface area is 146 Å². The first-order chi connectivity index (χ1) is 12.1. The van der Waals surface area contributed by atoms with E-state index in [1.54, 1.807) is 12.1 Å². The molecule has 0 aliphatic rings. The number of nitrogens with one attached hydrogen (secondary N) is 2. The molecule has 5 heteroatoms. The van der Waals surface area contributed by atoms with Gasteiger partial charge in [0.15, 0.2) is 0 Å². The number of para-hydroxylation sites is 1. The topological polar surface area (TPSA) is 63.1 Å². The van der Waals surface area contributed by atoms with Crippen LogP contribution in [-0.4, -0.2) is 16.4 Å². The van der Waals surface area contributed by atoms with Gasteiger partial charge in [-0.15, -0.1) is 0 Å². The van der Waals surface area contributed by atoms with Gasteiger partial charge in [0.2, 0.25) is 5.91 Å². The number of hydrogen-bond acceptors (Lipinski definition) is 2. The Morgan fingerprint density at radius 3 is 2.28 bits per heavy atom. The van der Waals surface area contributed by atoms with Crippen LogP contribution in [0.25, 0.3) is 5.69 Å². The third-order valence-electron chi connectivity index (χ3n) is 3.83. The fraction of sp³-hybridized carbons (Fsp3) is 0.100. The molecule has 0 aliphatic carbocycles. The average molecular weight is 333 g/mol. The van der Waals surface area contributed by atoms with Gasteiger partial charge in [-0.2, -0.15) is 0 Å². The van der Waals surface area contributed by atoms with Crippen LogP contribution in [0.2, 0.25) is 0 Å². The summed E-state index contributed by atoms with van der Waals surface area (Å²) in [5, 5.41) is 0. The summed E-state index contributed by atoms with van der Waals surface area (Å²) < 4.78 is 1.85. The van der Waals surface area contributed by atoms with Crippen molar-refractivity contribution in [3.05, 3.63) is 89.7 Å². The lowest BCUT2D eigenvalue weighted by Crippen LogP contribution is -2.42. The molecule has 0 bridgehead atoms. The van der Waals surface area contributed by atoms with E-state index in [0.29, 0.717) is 5.56 Å². The molecule has 0 saturated heterocycles. The van der Waals surface area contributed by atoms with Gasteiger partial charge in [0.05, 0.1) is 17.7 Å². The molecule has 0 unspecified atom stereocenters. The number of aryl methyl sites for hydroxylation is 1. The van der Waals surface area contributed by atoms with Crippen molar-refractivity contribution in [2.24, 2.45) is 0 Å². The Morgan fingerprint density at radius 2 is 1.56 bits per heavy atom. The highest BCUT2D eigenvalue weighted by molar-refractivity contribution is 5.98. The second kappa shape index (κ2) is 7.49. The molecule has 1 aromatic heterocycles. The number of aromatic nitrogens is 1. The summed E-state index contributed by atoms with van der Waals surface area (Å²) in [4.78, 5) is 24.4. The van der Waals surface area contributed by atoms with Gasteiger partial charge >= 0.3 is 0 Å². The van der Waals surface area contributed by atoms with Crippen molar-refractivity contribution in [2.75, 3.05) is 0 Å². The molecule has 126 valence electrons. The first kappa shape index (κ1) is 16.5. The fourth-order valence-corrected chi connectivity index (χ4v) is 2.52. The van der Waals surface area contributed by atoms with E-state index in [-0.39, 0.29) is 18.2 Å². The second-order valence-corrected chi connectivity index (χ2v) is 5.77. The minimum Gasteiger partial charge on any atom is -0.323 e. The molecule has 3 rings (SSSR count). The maximum atomic E-state index is 12.4. The lowest BCUT2D eigenvalue weighted by Gasteiger charge is -2.12. The van der Waals surface area contributed by atoms with Crippen molar-refractivity contribution in [2.45, 2.75) is 13.3 Å². The van der Waals surface area contributed by atoms with E-state index in [1.165, 1.54) is 0 Å². The van der Waals surface area contributed by atoms with Crippen molar-refractivity contribution < 1.29 is 9.59 Å². The van der Waals surface area contributed by atoms with Gasteiger partial charge in [-0.3, -0.25) is 20.4 Å². The largest absolute Gasteiger partial charge is 0.323 e. The van der Waals surface area contributed by atoms with Crippen LogP contribution in [0.4, 0.5) is 0 Å². The summed E-state index contributed by atoms with van der Waals surface area (Å²) in [7, 11) is 0. The minimum atomic E-state index is -0.360. The number of hydrazine groups is 1. The Bertz CT molecular complexity index is 868. The van der Waals surface area contributed by atoms with Gasteiger partial charge in [-0.25, -0.2) is 0 Å². The molecule has 0 fully saturated rings. The number of amides is 2. The van der Waals surface area contributed by atoms with Crippen LogP contribution >= 0.6 is 0 Å². The number of carbonyl (C=O) groups is 2. The monoisotopic (exact) mass is 333 g/mol. The van der Waals surface area contributed by atoms with E-state index in [0.717, 1.165) is 16.8 Å². The zero-order chi connectivity index (χ0) is 17.6. The van der Waals surface area contributed by atoms with Crippen LogP contribution in [-0.2, 0) is 11.2 Å². The summed E-state index contributed by atoms with van der Waals surface area (Å²) in [6.45, 7) is 1.99. The van der Waals surface area contributed by atoms with E-state index in [2.05, 4.69) is 10.9 Å². The highest BCUT2D eigenvalue weighted by atomic mass is 16.2. The number of benzene rings is 2. The number of rotatable bonds is 4. The zero-order valence-electron chi connectivity index (χ0n) is 13.9. The van der Waals surface area contributed by atoms with Gasteiger partial charge in [-0.1, -0.05) is 42.0 Å². The smallest absolute Gasteiger partial charge is 0.271 e. The van der Waals surface area contributed by atoms with Crippen LogP contribution in [0.1, 0.15) is 21.5 Å². The standard InChI is InChI=1S/C20H19N3O2/c1-15-8-10-16(11-9-15)14-19(24)21-22-20(25)17-6-2-3-7-18(17)23-12-4-5-13-23/h2-13H,14H2,1H3,(H,21,24)(H,22,25). The molecule has 1 heterocycles. The van der Waals surface area contributed by atoms with Crippen molar-refractivity contribution in [1.29, 1.82) is 0 Å².